The largest absolute Gasteiger partial charge is 0.298 e. The molecule has 0 aliphatic carbocycles. The van der Waals surface area contributed by atoms with Crippen LogP contribution in [0.5, 0.6) is 0 Å². The van der Waals surface area contributed by atoms with E-state index < -0.39 is 11.3 Å². The Bertz CT molecular complexity index is 596. The third kappa shape index (κ3) is 2.96. The summed E-state index contributed by atoms with van der Waals surface area (Å²) in [5.74, 6) is -0.870. The van der Waals surface area contributed by atoms with Crippen LogP contribution in [-0.4, -0.2) is 5.78 Å². The summed E-state index contributed by atoms with van der Waals surface area (Å²) in [6.07, 6.45) is 0. The maximum Gasteiger partial charge on any atom is 0.150 e. The number of rotatable bonds is 3. The highest BCUT2D eigenvalue weighted by atomic mass is 19.1. The molecule has 2 heteroatoms. The molecule has 1 atom stereocenters. The number of carbonyl (C=O) groups excluding carboxylic acids is 1. The lowest BCUT2D eigenvalue weighted by Gasteiger charge is -2.25. The fourth-order valence-corrected chi connectivity index (χ4v) is 2.26. The van der Waals surface area contributed by atoms with E-state index in [4.69, 9.17) is 0 Å². The van der Waals surface area contributed by atoms with Gasteiger partial charge in [-0.3, -0.25) is 4.79 Å². The standard InChI is InChI=1S/C18H19FO/c1-18(2,3)17(20)16(13-9-5-4-6-10-13)14-11-7-8-12-15(14)19/h4-12,16H,1-3H3. The Balaban J connectivity index is 2.57. The van der Waals surface area contributed by atoms with Gasteiger partial charge in [-0.05, 0) is 11.6 Å². The molecule has 0 radical (unpaired) electrons. The lowest BCUT2D eigenvalue weighted by Crippen LogP contribution is -2.28. The van der Waals surface area contributed by atoms with E-state index in [-0.39, 0.29) is 11.6 Å². The molecule has 1 nitrogen and oxygen atoms in total. The van der Waals surface area contributed by atoms with Crippen molar-refractivity contribution in [2.45, 2.75) is 26.7 Å². The topological polar surface area (TPSA) is 17.1 Å². The Morgan fingerprint density at radius 3 is 2.05 bits per heavy atom. The Morgan fingerprint density at radius 1 is 0.950 bits per heavy atom. The highest BCUT2D eigenvalue weighted by Crippen LogP contribution is 2.34. The molecule has 0 saturated carbocycles. The van der Waals surface area contributed by atoms with Gasteiger partial charge in [-0.2, -0.15) is 0 Å². The highest BCUT2D eigenvalue weighted by molar-refractivity contribution is 5.93. The summed E-state index contributed by atoms with van der Waals surface area (Å²) in [6.45, 7) is 5.60. The van der Waals surface area contributed by atoms with Gasteiger partial charge in [0.1, 0.15) is 11.6 Å². The van der Waals surface area contributed by atoms with Gasteiger partial charge in [0, 0.05) is 11.0 Å². The van der Waals surface area contributed by atoms with Crippen LogP contribution >= 0.6 is 0 Å². The van der Waals surface area contributed by atoms with Crippen molar-refractivity contribution in [3.63, 3.8) is 0 Å². The van der Waals surface area contributed by atoms with Gasteiger partial charge in [-0.25, -0.2) is 4.39 Å². The number of halogens is 1. The van der Waals surface area contributed by atoms with Gasteiger partial charge in [-0.1, -0.05) is 69.3 Å². The predicted molar refractivity (Wildman–Crippen MR) is 79.1 cm³/mol. The van der Waals surface area contributed by atoms with Crippen LogP contribution in [0.4, 0.5) is 4.39 Å². The first-order valence-electron chi connectivity index (χ1n) is 6.75. The monoisotopic (exact) mass is 270 g/mol. The molecule has 1 unspecified atom stereocenters. The van der Waals surface area contributed by atoms with Gasteiger partial charge in [0.05, 0.1) is 5.92 Å². The molecule has 104 valence electrons. The first-order valence-corrected chi connectivity index (χ1v) is 6.75. The smallest absolute Gasteiger partial charge is 0.150 e. The van der Waals surface area contributed by atoms with Crippen LogP contribution in [0, 0.1) is 11.2 Å². The molecule has 0 heterocycles. The van der Waals surface area contributed by atoms with Crippen molar-refractivity contribution < 1.29 is 9.18 Å². The molecule has 0 fully saturated rings. The molecule has 2 aromatic carbocycles. The van der Waals surface area contributed by atoms with Gasteiger partial charge in [0.15, 0.2) is 0 Å². The third-order valence-electron chi connectivity index (χ3n) is 3.35. The number of ketones is 1. The third-order valence-corrected chi connectivity index (χ3v) is 3.35. The van der Waals surface area contributed by atoms with E-state index in [2.05, 4.69) is 0 Å². The molecule has 2 rings (SSSR count). The van der Waals surface area contributed by atoms with Crippen LogP contribution in [0.3, 0.4) is 0 Å². The van der Waals surface area contributed by atoms with Crippen LogP contribution in [-0.2, 0) is 4.79 Å². The predicted octanol–water partition coefficient (Wildman–Crippen LogP) is 4.57. The van der Waals surface area contributed by atoms with E-state index in [0.29, 0.717) is 5.56 Å². The van der Waals surface area contributed by atoms with E-state index in [1.165, 1.54) is 6.07 Å². The van der Waals surface area contributed by atoms with Crippen molar-refractivity contribution in [2.75, 3.05) is 0 Å². The van der Waals surface area contributed by atoms with Gasteiger partial charge in [0.2, 0.25) is 0 Å². The fraction of sp³-hybridized carbons (Fsp3) is 0.278. The summed E-state index contributed by atoms with van der Waals surface area (Å²) < 4.78 is 14.1. The minimum Gasteiger partial charge on any atom is -0.298 e. The zero-order valence-electron chi connectivity index (χ0n) is 12.1. The van der Waals surface area contributed by atoms with E-state index >= 15 is 0 Å². The second-order valence-corrected chi connectivity index (χ2v) is 5.98. The average Bonchev–Trinajstić information content (AvgIpc) is 2.41. The lowest BCUT2D eigenvalue weighted by molar-refractivity contribution is -0.127. The maximum atomic E-state index is 14.1. The second kappa shape index (κ2) is 5.58. The molecule has 0 spiro atoms. The molecule has 0 saturated heterocycles. The van der Waals surface area contributed by atoms with Crippen molar-refractivity contribution in [3.8, 4) is 0 Å². The minimum atomic E-state index is -0.558. The van der Waals surface area contributed by atoms with Gasteiger partial charge in [-0.15, -0.1) is 0 Å². The molecule has 0 aliphatic rings. The van der Waals surface area contributed by atoms with Crippen LogP contribution in [0.2, 0.25) is 0 Å². The molecule has 0 N–H and O–H groups in total. The van der Waals surface area contributed by atoms with Crippen LogP contribution in [0.15, 0.2) is 54.6 Å². The number of benzene rings is 2. The number of hydrogen-bond donors (Lipinski definition) is 0. The van der Waals surface area contributed by atoms with Crippen LogP contribution < -0.4 is 0 Å². The summed E-state index contributed by atoms with van der Waals surface area (Å²) in [6, 6.07) is 15.9. The molecular formula is C18H19FO. The normalized spacial score (nSPS) is 13.0. The average molecular weight is 270 g/mol. The zero-order chi connectivity index (χ0) is 14.8. The number of carbonyl (C=O) groups is 1. The van der Waals surface area contributed by atoms with E-state index in [9.17, 15) is 9.18 Å². The molecule has 0 aliphatic heterocycles. The summed E-state index contributed by atoms with van der Waals surface area (Å²) in [5, 5.41) is 0. The van der Waals surface area contributed by atoms with Crippen molar-refractivity contribution in [1.82, 2.24) is 0 Å². The SMILES string of the molecule is CC(C)(C)C(=O)C(c1ccccc1)c1ccccc1F. The first kappa shape index (κ1) is 14.4. The summed E-state index contributed by atoms with van der Waals surface area (Å²) in [4.78, 5) is 12.8. The fourth-order valence-electron chi connectivity index (χ4n) is 2.26. The minimum absolute atomic E-state index is 0.0220. The van der Waals surface area contributed by atoms with Crippen molar-refractivity contribution >= 4 is 5.78 Å². The van der Waals surface area contributed by atoms with E-state index in [1.807, 2.05) is 51.1 Å². The van der Waals surface area contributed by atoms with Crippen molar-refractivity contribution in [1.29, 1.82) is 0 Å². The Morgan fingerprint density at radius 2 is 1.50 bits per heavy atom. The number of hydrogen-bond acceptors (Lipinski definition) is 1. The number of Topliss-reactive ketones (excluding diaryl/α,β-unsaturated/α-hetero) is 1. The first-order chi connectivity index (χ1) is 9.41. The molecule has 20 heavy (non-hydrogen) atoms. The Labute approximate surface area is 119 Å². The van der Waals surface area contributed by atoms with Crippen molar-refractivity contribution in [2.24, 2.45) is 5.41 Å². The Hall–Kier alpha value is -1.96. The van der Waals surface area contributed by atoms with E-state index in [1.54, 1.807) is 18.2 Å². The molecule has 0 amide bonds. The second-order valence-electron chi connectivity index (χ2n) is 5.98. The molecule has 0 aromatic heterocycles. The lowest BCUT2D eigenvalue weighted by atomic mass is 9.76. The van der Waals surface area contributed by atoms with Gasteiger partial charge in [0.25, 0.3) is 0 Å². The van der Waals surface area contributed by atoms with Gasteiger partial charge < -0.3 is 0 Å². The van der Waals surface area contributed by atoms with Crippen LogP contribution in [0.25, 0.3) is 0 Å². The van der Waals surface area contributed by atoms with E-state index in [0.717, 1.165) is 5.56 Å². The maximum absolute atomic E-state index is 14.1. The summed E-state index contributed by atoms with van der Waals surface area (Å²) in [5.41, 5.74) is 0.749. The van der Waals surface area contributed by atoms with Crippen molar-refractivity contribution in [3.05, 3.63) is 71.5 Å². The quantitative estimate of drug-likeness (QED) is 0.798. The summed E-state index contributed by atoms with van der Waals surface area (Å²) >= 11 is 0. The molecule has 0 bridgehead atoms. The molecule has 2 aromatic rings. The highest BCUT2D eigenvalue weighted by Gasteiger charge is 2.33. The molecular weight excluding hydrogens is 251 g/mol. The summed E-state index contributed by atoms with van der Waals surface area (Å²) in [7, 11) is 0. The Kier molecular flexibility index (Phi) is 4.03. The van der Waals surface area contributed by atoms with Crippen LogP contribution in [0.1, 0.15) is 37.8 Å². The van der Waals surface area contributed by atoms with Gasteiger partial charge >= 0.3 is 0 Å². The zero-order valence-corrected chi connectivity index (χ0v) is 12.1.